The van der Waals surface area contributed by atoms with E-state index < -0.39 is 0 Å². The van der Waals surface area contributed by atoms with Crippen LogP contribution in [0.1, 0.15) is 11.1 Å². The number of hydrazone groups is 1. The molecule has 0 unspecified atom stereocenters. The van der Waals surface area contributed by atoms with E-state index in [9.17, 15) is 0 Å². The van der Waals surface area contributed by atoms with E-state index in [2.05, 4.69) is 34.1 Å². The summed E-state index contributed by atoms with van der Waals surface area (Å²) < 4.78 is 7.28. The minimum absolute atomic E-state index is 0.550. The second-order valence-electron chi connectivity index (χ2n) is 5.83. The van der Waals surface area contributed by atoms with Gasteiger partial charge in [0.1, 0.15) is 12.4 Å². The van der Waals surface area contributed by atoms with Crippen LogP contribution in [-0.4, -0.2) is 6.21 Å². The Kier molecular flexibility index (Phi) is 4.94. The van der Waals surface area contributed by atoms with E-state index in [0.29, 0.717) is 6.61 Å². The van der Waals surface area contributed by atoms with Crippen LogP contribution in [0, 0.1) is 0 Å². The highest BCUT2D eigenvalue weighted by atomic mass is 32.1. The quantitative estimate of drug-likeness (QED) is 0.342. The SMILES string of the molecule is C(=N\Nc1ccccc1)/c1csc2cccc(OCc3ccccc3)c12. The molecule has 3 nitrogen and oxygen atoms in total. The summed E-state index contributed by atoms with van der Waals surface area (Å²) in [7, 11) is 0. The molecule has 4 aromatic rings. The first-order valence-corrected chi connectivity index (χ1v) is 9.29. The van der Waals surface area contributed by atoms with Gasteiger partial charge in [-0.25, -0.2) is 0 Å². The lowest BCUT2D eigenvalue weighted by molar-refractivity contribution is 0.310. The molecule has 128 valence electrons. The molecule has 0 aliphatic rings. The zero-order valence-electron chi connectivity index (χ0n) is 14.1. The van der Waals surface area contributed by atoms with Gasteiger partial charge < -0.3 is 4.74 Å². The van der Waals surface area contributed by atoms with Crippen LogP contribution < -0.4 is 10.2 Å². The highest BCUT2D eigenvalue weighted by Crippen LogP contribution is 2.33. The summed E-state index contributed by atoms with van der Waals surface area (Å²) in [5.41, 5.74) is 6.23. The molecule has 4 rings (SSSR count). The van der Waals surface area contributed by atoms with Crippen molar-refractivity contribution in [3.63, 3.8) is 0 Å². The van der Waals surface area contributed by atoms with Crippen LogP contribution in [0.3, 0.4) is 0 Å². The fraction of sp³-hybridized carbons (Fsp3) is 0.0455. The number of hydrogen-bond donors (Lipinski definition) is 1. The number of benzene rings is 3. The molecule has 0 atom stereocenters. The number of hydrogen-bond acceptors (Lipinski definition) is 4. The molecule has 26 heavy (non-hydrogen) atoms. The van der Waals surface area contributed by atoms with Crippen LogP contribution in [0.15, 0.2) is 89.3 Å². The fourth-order valence-corrected chi connectivity index (χ4v) is 3.65. The van der Waals surface area contributed by atoms with Crippen molar-refractivity contribution in [1.82, 2.24) is 0 Å². The third-order valence-corrected chi connectivity index (χ3v) is 4.96. The summed E-state index contributed by atoms with van der Waals surface area (Å²) in [5, 5.41) is 7.58. The van der Waals surface area contributed by atoms with Gasteiger partial charge in [-0.1, -0.05) is 54.6 Å². The Bertz CT molecular complexity index is 1010. The molecule has 3 aromatic carbocycles. The van der Waals surface area contributed by atoms with Crippen molar-refractivity contribution in [2.45, 2.75) is 6.61 Å². The first-order valence-electron chi connectivity index (χ1n) is 8.41. The van der Waals surface area contributed by atoms with Gasteiger partial charge in [0.25, 0.3) is 0 Å². The van der Waals surface area contributed by atoms with Crippen molar-refractivity contribution < 1.29 is 4.74 Å². The molecule has 0 radical (unpaired) electrons. The highest BCUT2D eigenvalue weighted by Gasteiger charge is 2.09. The van der Waals surface area contributed by atoms with Gasteiger partial charge in [0.2, 0.25) is 0 Å². The summed E-state index contributed by atoms with van der Waals surface area (Å²) in [4.78, 5) is 0. The van der Waals surface area contributed by atoms with E-state index in [1.165, 1.54) is 4.70 Å². The number of nitrogens with zero attached hydrogens (tertiary/aromatic N) is 1. The smallest absolute Gasteiger partial charge is 0.129 e. The van der Waals surface area contributed by atoms with Crippen LogP contribution in [0.2, 0.25) is 0 Å². The molecule has 1 N–H and O–H groups in total. The van der Waals surface area contributed by atoms with Gasteiger partial charge in [0.15, 0.2) is 0 Å². The topological polar surface area (TPSA) is 33.6 Å². The van der Waals surface area contributed by atoms with Gasteiger partial charge in [-0.15, -0.1) is 11.3 Å². The maximum Gasteiger partial charge on any atom is 0.129 e. The van der Waals surface area contributed by atoms with Gasteiger partial charge in [-0.2, -0.15) is 5.10 Å². The molecule has 4 heteroatoms. The second kappa shape index (κ2) is 7.85. The Morgan fingerprint density at radius 2 is 1.65 bits per heavy atom. The Labute approximate surface area is 156 Å². The molecule has 1 aromatic heterocycles. The number of para-hydroxylation sites is 1. The molecule has 0 saturated carbocycles. The molecule has 1 heterocycles. The summed E-state index contributed by atoms with van der Waals surface area (Å²) in [6.45, 7) is 0.550. The van der Waals surface area contributed by atoms with E-state index >= 15 is 0 Å². The minimum Gasteiger partial charge on any atom is -0.488 e. The van der Waals surface area contributed by atoms with Crippen molar-refractivity contribution in [2.75, 3.05) is 5.43 Å². The van der Waals surface area contributed by atoms with Gasteiger partial charge in [-0.3, -0.25) is 5.43 Å². The molecule has 0 amide bonds. The van der Waals surface area contributed by atoms with Crippen molar-refractivity contribution in [2.24, 2.45) is 5.10 Å². The van der Waals surface area contributed by atoms with Gasteiger partial charge in [-0.05, 0) is 29.8 Å². The van der Waals surface area contributed by atoms with Gasteiger partial charge >= 0.3 is 0 Å². The van der Waals surface area contributed by atoms with Crippen LogP contribution in [0.5, 0.6) is 5.75 Å². The Morgan fingerprint density at radius 1 is 0.885 bits per heavy atom. The molecule has 0 fully saturated rings. The number of nitrogens with one attached hydrogen (secondary N) is 1. The second-order valence-corrected chi connectivity index (χ2v) is 6.74. The monoisotopic (exact) mass is 358 g/mol. The molecule has 0 bridgehead atoms. The van der Waals surface area contributed by atoms with Gasteiger partial charge in [0.05, 0.1) is 11.9 Å². The molecular weight excluding hydrogens is 340 g/mol. The fourth-order valence-electron chi connectivity index (χ4n) is 2.72. The predicted octanol–water partition coefficient (Wildman–Crippen LogP) is 5.93. The maximum absolute atomic E-state index is 6.09. The van der Waals surface area contributed by atoms with E-state index in [0.717, 1.165) is 28.0 Å². The lowest BCUT2D eigenvalue weighted by atomic mass is 10.1. The van der Waals surface area contributed by atoms with E-state index in [-0.39, 0.29) is 0 Å². The van der Waals surface area contributed by atoms with E-state index in [4.69, 9.17) is 4.74 Å². The molecule has 0 saturated heterocycles. The summed E-state index contributed by atoms with van der Waals surface area (Å²) >= 11 is 1.70. The van der Waals surface area contributed by atoms with Gasteiger partial charge in [0, 0.05) is 21.0 Å². The number of rotatable bonds is 6. The average molecular weight is 358 g/mol. The first-order chi connectivity index (χ1) is 12.9. The molecular formula is C22H18N2OS. The Hall–Kier alpha value is -3.11. The van der Waals surface area contributed by atoms with E-state index in [1.807, 2.05) is 66.9 Å². The lowest BCUT2D eigenvalue weighted by Gasteiger charge is -2.08. The first kappa shape index (κ1) is 16.4. The largest absolute Gasteiger partial charge is 0.488 e. The van der Waals surface area contributed by atoms with Crippen LogP contribution in [0.25, 0.3) is 10.1 Å². The third kappa shape index (κ3) is 3.76. The standard InChI is InChI=1S/C22H18N2OS/c1-3-8-17(9-4-1)15-25-20-12-7-13-21-22(20)18(16-26-21)14-23-24-19-10-5-2-6-11-19/h1-14,16,24H,15H2/b23-14+. The zero-order valence-corrected chi connectivity index (χ0v) is 14.9. The zero-order chi connectivity index (χ0) is 17.6. The van der Waals surface area contributed by atoms with Crippen molar-refractivity contribution in [3.8, 4) is 5.75 Å². The molecule has 0 aliphatic heterocycles. The number of anilines is 1. The molecule has 0 aliphatic carbocycles. The summed E-state index contributed by atoms with van der Waals surface area (Å²) in [6.07, 6.45) is 1.85. The number of thiophene rings is 1. The van der Waals surface area contributed by atoms with E-state index in [1.54, 1.807) is 11.3 Å². The van der Waals surface area contributed by atoms with Crippen LogP contribution >= 0.6 is 11.3 Å². The average Bonchev–Trinajstić information content (AvgIpc) is 3.12. The Morgan fingerprint density at radius 3 is 2.46 bits per heavy atom. The van der Waals surface area contributed by atoms with Crippen LogP contribution in [0.4, 0.5) is 5.69 Å². The number of fused-ring (bicyclic) bond motifs is 1. The minimum atomic E-state index is 0.550. The summed E-state index contributed by atoms with van der Waals surface area (Å²) in [6, 6.07) is 26.3. The predicted molar refractivity (Wildman–Crippen MR) is 110 cm³/mol. The maximum atomic E-state index is 6.09. The highest BCUT2D eigenvalue weighted by molar-refractivity contribution is 7.17. The van der Waals surface area contributed by atoms with Crippen molar-refractivity contribution in [3.05, 3.63) is 95.4 Å². The van der Waals surface area contributed by atoms with Crippen molar-refractivity contribution in [1.29, 1.82) is 0 Å². The normalized spacial score (nSPS) is 11.1. The molecule has 0 spiro atoms. The Balaban J connectivity index is 1.56. The summed E-state index contributed by atoms with van der Waals surface area (Å²) in [5.74, 6) is 0.883. The third-order valence-electron chi connectivity index (χ3n) is 4.00. The number of ether oxygens (including phenoxy) is 1. The van der Waals surface area contributed by atoms with Crippen LogP contribution in [-0.2, 0) is 6.61 Å². The van der Waals surface area contributed by atoms with Crippen molar-refractivity contribution >= 4 is 33.3 Å². The lowest BCUT2D eigenvalue weighted by Crippen LogP contribution is -1.96.